The van der Waals surface area contributed by atoms with E-state index < -0.39 is 0 Å². The molecular formula is C15H18N6. The van der Waals surface area contributed by atoms with Gasteiger partial charge in [0.2, 0.25) is 5.95 Å². The van der Waals surface area contributed by atoms with Crippen molar-refractivity contribution in [2.75, 3.05) is 10.6 Å². The number of benzene rings is 1. The van der Waals surface area contributed by atoms with Gasteiger partial charge in [0.15, 0.2) is 11.5 Å². The van der Waals surface area contributed by atoms with E-state index >= 15 is 0 Å². The van der Waals surface area contributed by atoms with E-state index in [0.29, 0.717) is 5.65 Å². The molecule has 0 bridgehead atoms. The largest absolute Gasteiger partial charge is 0.368 e. The van der Waals surface area contributed by atoms with Crippen LogP contribution in [-0.2, 0) is 6.54 Å². The number of nitrogens with one attached hydrogen (secondary N) is 1. The van der Waals surface area contributed by atoms with E-state index in [1.165, 1.54) is 5.56 Å². The molecule has 0 spiro atoms. The molecule has 3 rings (SSSR count). The third-order valence-corrected chi connectivity index (χ3v) is 3.37. The number of nitrogens with two attached hydrogens (primary N) is 1. The third-order valence-electron chi connectivity index (χ3n) is 3.37. The SMILES string of the molecule is CC(C)N(Cc1ccccc1)c1nc(N)nc2nc[nH]c12. The molecule has 0 aliphatic heterocycles. The van der Waals surface area contributed by atoms with Crippen molar-refractivity contribution in [3.05, 3.63) is 42.2 Å². The lowest BCUT2D eigenvalue weighted by atomic mass is 10.2. The Bertz CT molecular complexity index is 734. The van der Waals surface area contributed by atoms with E-state index in [2.05, 4.69) is 50.8 Å². The highest BCUT2D eigenvalue weighted by molar-refractivity contribution is 5.84. The predicted molar refractivity (Wildman–Crippen MR) is 83.9 cm³/mol. The van der Waals surface area contributed by atoms with Crippen molar-refractivity contribution < 1.29 is 0 Å². The highest BCUT2D eigenvalue weighted by Crippen LogP contribution is 2.25. The zero-order valence-electron chi connectivity index (χ0n) is 12.1. The zero-order chi connectivity index (χ0) is 14.8. The first-order chi connectivity index (χ1) is 10.1. The topological polar surface area (TPSA) is 83.7 Å². The molecule has 0 atom stereocenters. The molecule has 0 saturated heterocycles. The Kier molecular flexibility index (Phi) is 3.43. The molecule has 1 aromatic carbocycles. The summed E-state index contributed by atoms with van der Waals surface area (Å²) in [7, 11) is 0. The molecule has 2 aromatic heterocycles. The number of rotatable bonds is 4. The lowest BCUT2D eigenvalue weighted by molar-refractivity contribution is 0.674. The molecule has 6 heteroatoms. The van der Waals surface area contributed by atoms with Gasteiger partial charge in [-0.3, -0.25) is 0 Å². The molecule has 0 saturated carbocycles. The van der Waals surface area contributed by atoms with E-state index in [0.717, 1.165) is 17.9 Å². The highest BCUT2D eigenvalue weighted by atomic mass is 15.2. The number of imidazole rings is 1. The maximum absolute atomic E-state index is 5.81. The van der Waals surface area contributed by atoms with Crippen molar-refractivity contribution in [3.8, 4) is 0 Å². The van der Waals surface area contributed by atoms with Crippen LogP contribution in [0.15, 0.2) is 36.7 Å². The van der Waals surface area contributed by atoms with Gasteiger partial charge in [-0.2, -0.15) is 9.97 Å². The van der Waals surface area contributed by atoms with Gasteiger partial charge in [0.05, 0.1) is 6.33 Å². The summed E-state index contributed by atoms with van der Waals surface area (Å²) in [5, 5.41) is 0. The Morgan fingerprint density at radius 1 is 1.19 bits per heavy atom. The van der Waals surface area contributed by atoms with Gasteiger partial charge in [-0.05, 0) is 19.4 Å². The molecule has 0 fully saturated rings. The summed E-state index contributed by atoms with van der Waals surface area (Å²) in [6.45, 7) is 5.01. The fourth-order valence-electron chi connectivity index (χ4n) is 2.32. The maximum Gasteiger partial charge on any atom is 0.224 e. The average molecular weight is 282 g/mol. The van der Waals surface area contributed by atoms with Crippen LogP contribution in [0.25, 0.3) is 11.2 Å². The third kappa shape index (κ3) is 2.65. The quantitative estimate of drug-likeness (QED) is 0.767. The Labute approximate surface area is 123 Å². The highest BCUT2D eigenvalue weighted by Gasteiger charge is 2.18. The Morgan fingerprint density at radius 3 is 2.67 bits per heavy atom. The first-order valence-electron chi connectivity index (χ1n) is 6.92. The van der Waals surface area contributed by atoms with Crippen LogP contribution in [0.1, 0.15) is 19.4 Å². The molecule has 3 aromatic rings. The smallest absolute Gasteiger partial charge is 0.224 e. The molecule has 6 nitrogen and oxygen atoms in total. The van der Waals surface area contributed by atoms with Crippen molar-refractivity contribution in [1.82, 2.24) is 19.9 Å². The standard InChI is InChI=1S/C15H18N6/c1-10(2)21(8-11-6-4-3-5-7-11)14-12-13(18-9-17-12)19-15(16)20-14/h3-7,9-10H,8H2,1-2H3,(H3,16,17,18,19,20). The second kappa shape index (κ2) is 5.40. The van der Waals surface area contributed by atoms with Crippen molar-refractivity contribution in [2.45, 2.75) is 26.4 Å². The molecule has 0 radical (unpaired) electrons. The van der Waals surface area contributed by atoms with Crippen LogP contribution in [0.5, 0.6) is 0 Å². The van der Waals surface area contributed by atoms with Crippen LogP contribution in [0.4, 0.5) is 11.8 Å². The number of hydrogen-bond acceptors (Lipinski definition) is 5. The molecule has 2 heterocycles. The molecule has 0 aliphatic carbocycles. The summed E-state index contributed by atoms with van der Waals surface area (Å²) < 4.78 is 0. The molecule has 108 valence electrons. The van der Waals surface area contributed by atoms with Gasteiger partial charge in [-0.15, -0.1) is 0 Å². The number of aromatic amines is 1. The van der Waals surface area contributed by atoms with E-state index in [1.54, 1.807) is 6.33 Å². The summed E-state index contributed by atoms with van der Waals surface area (Å²) in [4.78, 5) is 18.0. The second-order valence-electron chi connectivity index (χ2n) is 5.21. The molecule has 0 unspecified atom stereocenters. The summed E-state index contributed by atoms with van der Waals surface area (Å²) in [6.07, 6.45) is 1.61. The first-order valence-corrected chi connectivity index (χ1v) is 6.92. The number of fused-ring (bicyclic) bond motifs is 1. The lowest BCUT2D eigenvalue weighted by Gasteiger charge is -2.28. The average Bonchev–Trinajstić information content (AvgIpc) is 2.93. The summed E-state index contributed by atoms with van der Waals surface area (Å²) in [5.74, 6) is 1.03. The first kappa shape index (κ1) is 13.4. The number of nitrogens with zero attached hydrogens (tertiary/aromatic N) is 4. The molecule has 3 N–H and O–H groups in total. The Hall–Kier alpha value is -2.63. The van der Waals surface area contributed by atoms with Crippen LogP contribution in [0, 0.1) is 0 Å². The summed E-state index contributed by atoms with van der Waals surface area (Å²) in [5.41, 5.74) is 8.44. The van der Waals surface area contributed by atoms with E-state index in [1.807, 2.05) is 18.2 Å². The number of H-pyrrole nitrogens is 1. The van der Waals surface area contributed by atoms with Crippen LogP contribution in [0.2, 0.25) is 0 Å². The fourth-order valence-corrected chi connectivity index (χ4v) is 2.32. The van der Waals surface area contributed by atoms with E-state index in [9.17, 15) is 0 Å². The normalized spacial score (nSPS) is 11.2. The molecule has 0 aliphatic rings. The van der Waals surface area contributed by atoms with Crippen molar-refractivity contribution in [1.29, 1.82) is 0 Å². The zero-order valence-corrected chi connectivity index (χ0v) is 12.1. The van der Waals surface area contributed by atoms with Gasteiger partial charge in [0.25, 0.3) is 0 Å². The predicted octanol–water partition coefficient (Wildman–Crippen LogP) is 2.35. The van der Waals surface area contributed by atoms with Crippen molar-refractivity contribution in [3.63, 3.8) is 0 Å². The molecular weight excluding hydrogens is 264 g/mol. The van der Waals surface area contributed by atoms with Crippen LogP contribution in [0.3, 0.4) is 0 Å². The minimum absolute atomic E-state index is 0.239. The van der Waals surface area contributed by atoms with Crippen LogP contribution >= 0.6 is 0 Å². The van der Waals surface area contributed by atoms with Crippen LogP contribution in [-0.4, -0.2) is 26.0 Å². The minimum Gasteiger partial charge on any atom is -0.368 e. The number of anilines is 2. The number of aromatic nitrogens is 4. The Balaban J connectivity index is 2.05. The lowest BCUT2D eigenvalue weighted by Crippen LogP contribution is -2.31. The monoisotopic (exact) mass is 282 g/mol. The maximum atomic E-state index is 5.81. The van der Waals surface area contributed by atoms with Gasteiger partial charge in [0.1, 0.15) is 5.52 Å². The summed E-state index contributed by atoms with van der Waals surface area (Å²) >= 11 is 0. The summed E-state index contributed by atoms with van der Waals surface area (Å²) in [6, 6.07) is 10.6. The van der Waals surface area contributed by atoms with Gasteiger partial charge >= 0.3 is 0 Å². The van der Waals surface area contributed by atoms with Gasteiger partial charge in [-0.1, -0.05) is 30.3 Å². The van der Waals surface area contributed by atoms with E-state index in [-0.39, 0.29) is 12.0 Å². The fraction of sp³-hybridized carbons (Fsp3) is 0.267. The van der Waals surface area contributed by atoms with Crippen molar-refractivity contribution >= 4 is 22.9 Å². The second-order valence-corrected chi connectivity index (χ2v) is 5.21. The number of hydrogen-bond donors (Lipinski definition) is 2. The van der Waals surface area contributed by atoms with Gasteiger partial charge in [0, 0.05) is 12.6 Å². The van der Waals surface area contributed by atoms with Crippen LogP contribution < -0.4 is 10.6 Å². The molecule has 0 amide bonds. The van der Waals surface area contributed by atoms with Crippen molar-refractivity contribution in [2.24, 2.45) is 0 Å². The minimum atomic E-state index is 0.239. The Morgan fingerprint density at radius 2 is 1.95 bits per heavy atom. The number of nitrogen functional groups attached to an aromatic ring is 1. The van der Waals surface area contributed by atoms with E-state index in [4.69, 9.17) is 5.73 Å². The van der Waals surface area contributed by atoms with Gasteiger partial charge < -0.3 is 15.6 Å². The molecule has 21 heavy (non-hydrogen) atoms. The van der Waals surface area contributed by atoms with Gasteiger partial charge in [-0.25, -0.2) is 4.98 Å².